The molecular formula is C19H24N4O5S. The number of hydrogen-bond acceptors (Lipinski definition) is 6. The van der Waals surface area contributed by atoms with Crippen molar-refractivity contribution in [3.8, 4) is 0 Å². The van der Waals surface area contributed by atoms with Crippen LogP contribution in [0.2, 0.25) is 0 Å². The van der Waals surface area contributed by atoms with Gasteiger partial charge in [-0.25, -0.2) is 8.42 Å². The SMILES string of the molecule is CN(C)c1ccc(NC(=O)Cn2cc(S(=O)(=O)N3CCOCC3)ccc2=O)cc1. The Kier molecular flexibility index (Phi) is 6.36. The van der Waals surface area contributed by atoms with E-state index in [9.17, 15) is 18.0 Å². The second kappa shape index (κ2) is 8.76. The number of anilines is 2. The largest absolute Gasteiger partial charge is 0.379 e. The minimum atomic E-state index is -3.75. The van der Waals surface area contributed by atoms with E-state index in [1.54, 1.807) is 12.1 Å². The van der Waals surface area contributed by atoms with Crippen molar-refractivity contribution in [2.24, 2.45) is 0 Å². The van der Waals surface area contributed by atoms with E-state index in [2.05, 4.69) is 5.32 Å². The van der Waals surface area contributed by atoms with Crippen LogP contribution in [0.25, 0.3) is 0 Å². The molecule has 1 amide bonds. The van der Waals surface area contributed by atoms with Crippen LogP contribution in [0.4, 0.5) is 11.4 Å². The van der Waals surface area contributed by atoms with Crippen molar-refractivity contribution in [1.29, 1.82) is 0 Å². The third-order valence-corrected chi connectivity index (χ3v) is 6.43. The van der Waals surface area contributed by atoms with Crippen LogP contribution in [-0.4, -0.2) is 63.6 Å². The number of amides is 1. The highest BCUT2D eigenvalue weighted by atomic mass is 32.2. The van der Waals surface area contributed by atoms with Gasteiger partial charge < -0.3 is 19.5 Å². The molecule has 0 unspecified atom stereocenters. The Morgan fingerprint density at radius 1 is 1.10 bits per heavy atom. The molecule has 1 fully saturated rings. The van der Waals surface area contributed by atoms with Gasteiger partial charge >= 0.3 is 0 Å². The first-order valence-electron chi connectivity index (χ1n) is 9.13. The summed E-state index contributed by atoms with van der Waals surface area (Å²) in [6.45, 7) is 0.873. The highest BCUT2D eigenvalue weighted by Crippen LogP contribution is 2.17. The molecule has 10 heteroatoms. The van der Waals surface area contributed by atoms with Gasteiger partial charge in [-0.1, -0.05) is 0 Å². The predicted octanol–water partition coefficient (Wildman–Crippen LogP) is 0.574. The molecule has 0 radical (unpaired) electrons. The Hall–Kier alpha value is -2.69. The van der Waals surface area contributed by atoms with E-state index in [1.807, 2.05) is 31.1 Å². The summed E-state index contributed by atoms with van der Waals surface area (Å²) < 4.78 is 33.1. The molecule has 2 aromatic rings. The molecular weight excluding hydrogens is 396 g/mol. The van der Waals surface area contributed by atoms with Gasteiger partial charge in [0.2, 0.25) is 15.9 Å². The highest BCUT2D eigenvalue weighted by Gasteiger charge is 2.27. The number of pyridine rings is 1. The van der Waals surface area contributed by atoms with Crippen LogP contribution in [0.15, 0.2) is 52.3 Å². The zero-order valence-corrected chi connectivity index (χ0v) is 17.2. The van der Waals surface area contributed by atoms with Crippen LogP contribution < -0.4 is 15.8 Å². The summed E-state index contributed by atoms with van der Waals surface area (Å²) in [4.78, 5) is 26.4. The minimum absolute atomic E-state index is 0.0258. The van der Waals surface area contributed by atoms with Gasteiger partial charge in [-0.05, 0) is 30.3 Å². The maximum atomic E-state index is 12.8. The average molecular weight is 420 g/mol. The summed E-state index contributed by atoms with van der Waals surface area (Å²) >= 11 is 0. The zero-order valence-electron chi connectivity index (χ0n) is 16.4. The number of morpholine rings is 1. The molecule has 1 saturated heterocycles. The van der Waals surface area contributed by atoms with Crippen molar-refractivity contribution in [2.45, 2.75) is 11.4 Å². The standard InChI is InChI=1S/C19H24N4O5S/c1-21(2)16-5-3-15(4-6-16)20-18(24)14-22-13-17(7-8-19(22)25)29(26,27)23-9-11-28-12-10-23/h3-8,13H,9-12,14H2,1-2H3,(H,20,24). The Morgan fingerprint density at radius 2 is 1.76 bits per heavy atom. The number of sulfonamides is 1. The molecule has 156 valence electrons. The fourth-order valence-electron chi connectivity index (χ4n) is 2.92. The van der Waals surface area contributed by atoms with Crippen LogP contribution in [0.3, 0.4) is 0 Å². The van der Waals surface area contributed by atoms with E-state index in [0.717, 1.165) is 16.3 Å². The fourth-order valence-corrected chi connectivity index (χ4v) is 4.35. The number of benzene rings is 1. The molecule has 1 aromatic carbocycles. The number of aromatic nitrogens is 1. The number of carbonyl (C=O) groups excluding carboxylic acids is 1. The molecule has 1 aliphatic rings. The first kappa shape index (κ1) is 21.0. The van der Waals surface area contributed by atoms with Crippen LogP contribution >= 0.6 is 0 Å². The van der Waals surface area contributed by atoms with E-state index < -0.39 is 21.5 Å². The first-order chi connectivity index (χ1) is 13.8. The lowest BCUT2D eigenvalue weighted by atomic mass is 10.2. The fraction of sp³-hybridized carbons (Fsp3) is 0.368. The molecule has 3 rings (SSSR count). The van der Waals surface area contributed by atoms with E-state index in [-0.39, 0.29) is 24.5 Å². The smallest absolute Gasteiger partial charge is 0.251 e. The summed E-state index contributed by atoms with van der Waals surface area (Å²) in [6.07, 6.45) is 1.21. The van der Waals surface area contributed by atoms with E-state index in [4.69, 9.17) is 4.74 Å². The number of ether oxygens (including phenoxy) is 1. The van der Waals surface area contributed by atoms with Crippen molar-refractivity contribution < 1.29 is 17.9 Å². The third kappa shape index (κ3) is 5.03. The van der Waals surface area contributed by atoms with Gasteiger partial charge in [0, 0.05) is 50.8 Å². The van der Waals surface area contributed by atoms with Gasteiger partial charge in [-0.2, -0.15) is 4.31 Å². The third-order valence-electron chi connectivity index (χ3n) is 4.55. The van der Waals surface area contributed by atoms with Crippen molar-refractivity contribution in [3.63, 3.8) is 0 Å². The second-order valence-corrected chi connectivity index (χ2v) is 8.77. The Bertz CT molecular complexity index is 1030. The maximum absolute atomic E-state index is 12.8. The summed E-state index contributed by atoms with van der Waals surface area (Å²) in [5.74, 6) is -0.425. The molecule has 9 nitrogen and oxygen atoms in total. The molecule has 1 aliphatic heterocycles. The average Bonchev–Trinajstić information content (AvgIpc) is 2.70. The molecule has 2 heterocycles. The van der Waals surface area contributed by atoms with Crippen LogP contribution in [0, 0.1) is 0 Å². The van der Waals surface area contributed by atoms with Crippen LogP contribution in [0.5, 0.6) is 0 Å². The lowest BCUT2D eigenvalue weighted by Gasteiger charge is -2.26. The second-order valence-electron chi connectivity index (χ2n) is 6.84. The number of hydrogen-bond donors (Lipinski definition) is 1. The summed E-state index contributed by atoms with van der Waals surface area (Å²) in [5.41, 5.74) is 1.12. The van der Waals surface area contributed by atoms with Crippen molar-refractivity contribution >= 4 is 27.3 Å². The highest BCUT2D eigenvalue weighted by molar-refractivity contribution is 7.89. The predicted molar refractivity (Wildman–Crippen MR) is 110 cm³/mol. The molecule has 1 aromatic heterocycles. The van der Waals surface area contributed by atoms with Gasteiger partial charge in [0.1, 0.15) is 6.54 Å². The van der Waals surface area contributed by atoms with Crippen molar-refractivity contribution in [1.82, 2.24) is 8.87 Å². The molecule has 0 saturated carbocycles. The van der Waals surface area contributed by atoms with E-state index in [1.165, 1.54) is 16.6 Å². The number of carbonyl (C=O) groups is 1. The quantitative estimate of drug-likeness (QED) is 0.734. The van der Waals surface area contributed by atoms with Gasteiger partial charge in [-0.3, -0.25) is 9.59 Å². The maximum Gasteiger partial charge on any atom is 0.251 e. The molecule has 1 N–H and O–H groups in total. The summed E-state index contributed by atoms with van der Waals surface area (Å²) in [7, 11) is 0.0776. The van der Waals surface area contributed by atoms with E-state index in [0.29, 0.717) is 18.9 Å². The van der Waals surface area contributed by atoms with Gasteiger partial charge in [0.05, 0.1) is 18.1 Å². The molecule has 0 aliphatic carbocycles. The Morgan fingerprint density at radius 3 is 2.38 bits per heavy atom. The Labute approximate surface area is 169 Å². The van der Waals surface area contributed by atoms with Crippen LogP contribution in [-0.2, 0) is 26.1 Å². The Balaban J connectivity index is 1.74. The number of rotatable bonds is 6. The van der Waals surface area contributed by atoms with Gasteiger partial charge in [0.25, 0.3) is 5.56 Å². The van der Waals surface area contributed by atoms with Gasteiger partial charge in [0.15, 0.2) is 0 Å². The first-order valence-corrected chi connectivity index (χ1v) is 10.6. The lowest BCUT2D eigenvalue weighted by molar-refractivity contribution is -0.116. The number of nitrogens with zero attached hydrogens (tertiary/aromatic N) is 3. The van der Waals surface area contributed by atoms with Crippen molar-refractivity contribution in [3.05, 3.63) is 52.9 Å². The number of nitrogens with one attached hydrogen (secondary N) is 1. The topological polar surface area (TPSA) is 101 Å². The lowest BCUT2D eigenvalue weighted by Crippen LogP contribution is -2.41. The molecule has 29 heavy (non-hydrogen) atoms. The molecule has 0 atom stereocenters. The van der Waals surface area contributed by atoms with E-state index >= 15 is 0 Å². The minimum Gasteiger partial charge on any atom is -0.379 e. The normalized spacial score (nSPS) is 15.1. The monoisotopic (exact) mass is 420 g/mol. The van der Waals surface area contributed by atoms with Crippen LogP contribution in [0.1, 0.15) is 0 Å². The molecule has 0 spiro atoms. The van der Waals surface area contributed by atoms with Crippen molar-refractivity contribution in [2.75, 3.05) is 50.6 Å². The zero-order chi connectivity index (χ0) is 21.0. The summed E-state index contributed by atoms with van der Waals surface area (Å²) in [5, 5.41) is 2.71. The summed E-state index contributed by atoms with van der Waals surface area (Å²) in [6, 6.07) is 9.66. The molecule has 0 bridgehead atoms. The van der Waals surface area contributed by atoms with Gasteiger partial charge in [-0.15, -0.1) is 0 Å².